The number of carbonyl (C=O) groups excluding carboxylic acids is 1. The molecule has 2 bridgehead atoms. The van der Waals surface area contributed by atoms with Crippen molar-refractivity contribution in [3.8, 4) is 17.3 Å². The molecule has 10 heteroatoms. The summed E-state index contributed by atoms with van der Waals surface area (Å²) in [5.74, 6) is 2.12. The number of ether oxygens (including phenoxy) is 1. The number of amides is 2. The molecular weight excluding hydrogens is 562 g/mol. The van der Waals surface area contributed by atoms with Crippen molar-refractivity contribution in [3.05, 3.63) is 46.4 Å². The van der Waals surface area contributed by atoms with Crippen LogP contribution in [-0.2, 0) is 13.6 Å². The van der Waals surface area contributed by atoms with Crippen LogP contribution in [-0.4, -0.2) is 61.9 Å². The van der Waals surface area contributed by atoms with Crippen LogP contribution < -0.4 is 10.1 Å². The molecule has 2 saturated carbocycles. The van der Waals surface area contributed by atoms with Gasteiger partial charge in [-0.25, -0.2) is 9.78 Å². The van der Waals surface area contributed by atoms with E-state index in [4.69, 9.17) is 9.72 Å². The number of methoxy groups -OCH3 is 1. The van der Waals surface area contributed by atoms with E-state index < -0.39 is 6.09 Å². The first-order valence-corrected chi connectivity index (χ1v) is 14.3. The number of aryl methyl sites for hydroxylation is 1. The van der Waals surface area contributed by atoms with E-state index in [-0.39, 0.29) is 23.9 Å². The van der Waals surface area contributed by atoms with E-state index in [1.54, 1.807) is 13.2 Å². The van der Waals surface area contributed by atoms with Crippen molar-refractivity contribution in [2.24, 2.45) is 18.9 Å². The Hall–Kier alpha value is -3.53. The predicted octanol–water partition coefficient (Wildman–Crippen LogP) is 5.25. The lowest BCUT2D eigenvalue weighted by Crippen LogP contribution is -2.45. The molecule has 0 radical (unpaired) electrons. The van der Waals surface area contributed by atoms with Gasteiger partial charge in [0.15, 0.2) is 5.82 Å². The lowest BCUT2D eigenvalue weighted by molar-refractivity contribution is 0.0697. The average Bonchev–Trinajstić information content (AvgIpc) is 3.24. The highest BCUT2D eigenvalue weighted by molar-refractivity contribution is 9.10. The topological polar surface area (TPSA) is 102 Å². The summed E-state index contributed by atoms with van der Waals surface area (Å²) in [6.45, 7) is 1.49. The van der Waals surface area contributed by atoms with Crippen LogP contribution in [0.25, 0.3) is 33.5 Å². The first kappa shape index (κ1) is 24.5. The molecule has 2 aliphatic carbocycles. The van der Waals surface area contributed by atoms with E-state index in [1.807, 2.05) is 18.0 Å². The van der Waals surface area contributed by atoms with Gasteiger partial charge in [0, 0.05) is 35.6 Å². The molecule has 2 N–H and O–H groups in total. The molecular formula is C29H30BrN5O4. The highest BCUT2D eigenvalue weighted by Crippen LogP contribution is 2.41. The van der Waals surface area contributed by atoms with Gasteiger partial charge in [0.05, 0.1) is 35.9 Å². The molecule has 2 amide bonds. The Bertz CT molecular complexity index is 1650. The second-order valence-corrected chi connectivity index (χ2v) is 12.0. The zero-order valence-corrected chi connectivity index (χ0v) is 23.4. The number of rotatable bonds is 6. The number of piperidine rings is 1. The second-order valence-electron chi connectivity index (χ2n) is 11.1. The number of halogens is 1. The molecule has 9 nitrogen and oxygen atoms in total. The Morgan fingerprint density at radius 2 is 1.97 bits per heavy atom. The molecule has 1 saturated heterocycles. The first-order chi connectivity index (χ1) is 18.8. The summed E-state index contributed by atoms with van der Waals surface area (Å²) in [5.41, 5.74) is 4.24. The lowest BCUT2D eigenvalue weighted by atomic mass is 10.1. The summed E-state index contributed by atoms with van der Waals surface area (Å²) in [4.78, 5) is 31.9. The van der Waals surface area contributed by atoms with Gasteiger partial charge in [0.25, 0.3) is 5.91 Å². The number of carbonyl (C=O) groups is 2. The van der Waals surface area contributed by atoms with Crippen LogP contribution in [0, 0.1) is 11.8 Å². The summed E-state index contributed by atoms with van der Waals surface area (Å²) >= 11 is 3.76. The third-order valence-electron chi connectivity index (χ3n) is 8.78. The highest BCUT2D eigenvalue weighted by Gasteiger charge is 2.49. The number of aromatic nitrogens is 3. The fourth-order valence-electron chi connectivity index (χ4n) is 6.79. The lowest BCUT2D eigenvalue weighted by Gasteiger charge is -2.27. The number of imidazole rings is 1. The van der Waals surface area contributed by atoms with Gasteiger partial charge in [-0.15, -0.1) is 0 Å². The molecule has 2 aromatic heterocycles. The maximum absolute atomic E-state index is 13.7. The number of hydrogen-bond acceptors (Lipinski definition) is 4. The summed E-state index contributed by atoms with van der Waals surface area (Å²) in [7, 11) is 3.60. The SMILES string of the molecule is COc1cc(C(=O)N2CC3CCC2C3NC(=O)O)cc2nc(-c3cc4cccc(Br)c4n3CC3CC3)n(C)c12. The molecule has 3 aliphatic rings. The summed E-state index contributed by atoms with van der Waals surface area (Å²) < 4.78 is 11.3. The zero-order valence-electron chi connectivity index (χ0n) is 21.9. The monoisotopic (exact) mass is 591 g/mol. The number of para-hydroxylation sites is 1. The minimum Gasteiger partial charge on any atom is -0.494 e. The van der Waals surface area contributed by atoms with E-state index in [9.17, 15) is 14.7 Å². The van der Waals surface area contributed by atoms with Gasteiger partial charge in [-0.3, -0.25) is 4.79 Å². The molecule has 0 spiro atoms. The standard InChI is InChI=1S/C29H30BrN5O4/c1-33-26-20(31-27(33)22-11-16-4-3-5-19(30)25(16)34(22)13-15-6-7-15)10-18(12-23(26)39-2)28(36)35-14-17-8-9-21(35)24(17)32-29(37)38/h3-5,10-12,15,17,21,24,32H,6-9,13-14H2,1-2H3,(H,37,38). The van der Waals surface area contributed by atoms with Crippen molar-refractivity contribution >= 4 is 49.9 Å². The number of nitrogens with zero attached hydrogens (tertiary/aromatic N) is 4. The van der Waals surface area contributed by atoms with E-state index in [0.29, 0.717) is 29.3 Å². The van der Waals surface area contributed by atoms with Crippen molar-refractivity contribution in [3.63, 3.8) is 0 Å². The van der Waals surface area contributed by atoms with Crippen LogP contribution in [0.3, 0.4) is 0 Å². The molecule has 4 aromatic rings. The Balaban J connectivity index is 1.31. The number of benzene rings is 2. The maximum atomic E-state index is 13.7. The predicted molar refractivity (Wildman–Crippen MR) is 151 cm³/mol. The van der Waals surface area contributed by atoms with E-state index in [0.717, 1.165) is 46.3 Å². The van der Waals surface area contributed by atoms with Crippen molar-refractivity contribution < 1.29 is 19.4 Å². The van der Waals surface area contributed by atoms with Crippen LogP contribution in [0.5, 0.6) is 5.75 Å². The van der Waals surface area contributed by atoms with Gasteiger partial charge in [-0.2, -0.15) is 0 Å². The van der Waals surface area contributed by atoms with Gasteiger partial charge in [-0.1, -0.05) is 12.1 Å². The molecule has 3 heterocycles. The maximum Gasteiger partial charge on any atom is 0.404 e. The third kappa shape index (κ3) is 3.91. The van der Waals surface area contributed by atoms with Crippen LogP contribution in [0.1, 0.15) is 36.0 Å². The van der Waals surface area contributed by atoms with Crippen LogP contribution in [0.4, 0.5) is 4.79 Å². The molecule has 1 aliphatic heterocycles. The summed E-state index contributed by atoms with van der Waals surface area (Å²) in [5, 5.41) is 13.1. The Labute approximate surface area is 233 Å². The molecule has 39 heavy (non-hydrogen) atoms. The highest BCUT2D eigenvalue weighted by atomic mass is 79.9. The number of hydrogen-bond donors (Lipinski definition) is 2. The van der Waals surface area contributed by atoms with E-state index in [1.165, 1.54) is 18.4 Å². The van der Waals surface area contributed by atoms with Gasteiger partial charge in [-0.05, 0) is 77.7 Å². The number of fused-ring (bicyclic) bond motifs is 4. The minimum absolute atomic E-state index is 0.112. The number of likely N-dealkylation sites (tertiary alicyclic amines) is 1. The number of carboxylic acid groups (broad SMARTS) is 1. The Morgan fingerprint density at radius 1 is 1.15 bits per heavy atom. The normalized spacial score (nSPS) is 22.2. The van der Waals surface area contributed by atoms with Crippen molar-refractivity contribution in [2.75, 3.05) is 13.7 Å². The third-order valence-corrected chi connectivity index (χ3v) is 9.42. The van der Waals surface area contributed by atoms with Gasteiger partial charge >= 0.3 is 6.09 Å². The van der Waals surface area contributed by atoms with Crippen molar-refractivity contribution in [1.82, 2.24) is 24.3 Å². The van der Waals surface area contributed by atoms with Crippen LogP contribution in [0.15, 0.2) is 40.9 Å². The first-order valence-electron chi connectivity index (χ1n) is 13.5. The van der Waals surface area contributed by atoms with E-state index >= 15 is 0 Å². The molecule has 3 atom stereocenters. The molecule has 7 rings (SSSR count). The Morgan fingerprint density at radius 3 is 2.72 bits per heavy atom. The van der Waals surface area contributed by atoms with Crippen molar-refractivity contribution in [2.45, 2.75) is 44.3 Å². The average molecular weight is 592 g/mol. The van der Waals surface area contributed by atoms with Crippen LogP contribution >= 0.6 is 15.9 Å². The van der Waals surface area contributed by atoms with Crippen LogP contribution in [0.2, 0.25) is 0 Å². The molecule has 3 fully saturated rings. The number of nitrogens with one attached hydrogen (secondary N) is 1. The minimum atomic E-state index is -1.04. The molecule has 3 unspecified atom stereocenters. The fourth-order valence-corrected chi connectivity index (χ4v) is 7.38. The summed E-state index contributed by atoms with van der Waals surface area (Å²) in [6, 6.07) is 11.7. The molecule has 202 valence electrons. The van der Waals surface area contributed by atoms with Crippen molar-refractivity contribution in [1.29, 1.82) is 0 Å². The van der Waals surface area contributed by atoms with Gasteiger partial charge in [0.2, 0.25) is 0 Å². The zero-order chi connectivity index (χ0) is 27.0. The van der Waals surface area contributed by atoms with Gasteiger partial charge < -0.3 is 29.2 Å². The fraction of sp³-hybridized carbons (Fsp3) is 0.414. The van der Waals surface area contributed by atoms with E-state index in [2.05, 4.69) is 54.6 Å². The smallest absolute Gasteiger partial charge is 0.404 e. The second kappa shape index (κ2) is 9.01. The van der Waals surface area contributed by atoms with Gasteiger partial charge in [0.1, 0.15) is 11.3 Å². The summed E-state index contributed by atoms with van der Waals surface area (Å²) in [6.07, 6.45) is 3.17. The quantitative estimate of drug-likeness (QED) is 0.319. The molecule has 2 aromatic carbocycles. The Kier molecular flexibility index (Phi) is 5.66. The largest absolute Gasteiger partial charge is 0.494 e.